The van der Waals surface area contributed by atoms with E-state index in [9.17, 15) is 9.59 Å². The van der Waals surface area contributed by atoms with Gasteiger partial charge in [0, 0.05) is 5.92 Å². The highest BCUT2D eigenvalue weighted by atomic mass is 16.6. The summed E-state index contributed by atoms with van der Waals surface area (Å²) >= 11 is 0. The van der Waals surface area contributed by atoms with Crippen molar-refractivity contribution >= 4 is 12.3 Å². The smallest absolute Gasteiger partial charge is 0.307 e. The summed E-state index contributed by atoms with van der Waals surface area (Å²) in [5.41, 5.74) is -0.460. The molecule has 0 rings (SSSR count). The van der Waals surface area contributed by atoms with E-state index in [1.54, 1.807) is 0 Å². The summed E-state index contributed by atoms with van der Waals surface area (Å²) in [6, 6.07) is 0. The fourth-order valence-corrected chi connectivity index (χ4v) is 0.886. The summed E-state index contributed by atoms with van der Waals surface area (Å²) in [4.78, 5) is 21.6. The highest BCUT2D eigenvalue weighted by Gasteiger charge is 2.18. The molecule has 0 spiro atoms. The maximum absolute atomic E-state index is 11.2. The molecular weight excluding hydrogens is 168 g/mol. The van der Waals surface area contributed by atoms with Crippen LogP contribution in [0.5, 0.6) is 0 Å². The zero-order chi connectivity index (χ0) is 10.5. The molecule has 3 heteroatoms. The molecule has 0 aromatic heterocycles. The molecule has 0 aliphatic carbocycles. The Bertz CT molecular complexity index is 179. The number of hydrogen-bond acceptors (Lipinski definition) is 3. The summed E-state index contributed by atoms with van der Waals surface area (Å²) in [5, 5.41) is 0. The molecule has 0 aromatic carbocycles. The Morgan fingerprint density at radius 2 is 2.00 bits per heavy atom. The topological polar surface area (TPSA) is 43.4 Å². The van der Waals surface area contributed by atoms with E-state index in [1.165, 1.54) is 0 Å². The van der Waals surface area contributed by atoms with E-state index < -0.39 is 5.60 Å². The van der Waals surface area contributed by atoms with Gasteiger partial charge in [-0.15, -0.1) is 0 Å². The van der Waals surface area contributed by atoms with E-state index in [0.29, 0.717) is 6.42 Å². The van der Waals surface area contributed by atoms with Gasteiger partial charge in [0.25, 0.3) is 0 Å². The zero-order valence-corrected chi connectivity index (χ0v) is 8.79. The Balaban J connectivity index is 3.93. The summed E-state index contributed by atoms with van der Waals surface area (Å²) in [5.74, 6) is -0.499. The minimum atomic E-state index is -0.460. The summed E-state index contributed by atoms with van der Waals surface area (Å²) in [6.07, 6.45) is 1.68. The number of ether oxygens (including phenoxy) is 1. The maximum Gasteiger partial charge on any atom is 0.307 e. The van der Waals surface area contributed by atoms with Crippen molar-refractivity contribution in [2.45, 2.75) is 46.1 Å². The molecule has 0 heterocycles. The second-order valence-corrected chi connectivity index (χ2v) is 4.09. The van der Waals surface area contributed by atoms with Gasteiger partial charge in [0.05, 0.1) is 6.42 Å². The van der Waals surface area contributed by atoms with Crippen molar-refractivity contribution in [1.82, 2.24) is 0 Å². The SMILES string of the molecule is CC[C@H](C=O)CC(=O)OC(C)(C)C. The lowest BCUT2D eigenvalue weighted by atomic mass is 10.0. The molecule has 0 radical (unpaired) electrons. The van der Waals surface area contributed by atoms with E-state index in [-0.39, 0.29) is 18.3 Å². The van der Waals surface area contributed by atoms with E-state index in [1.807, 2.05) is 27.7 Å². The first-order valence-corrected chi connectivity index (χ1v) is 4.56. The lowest BCUT2D eigenvalue weighted by Crippen LogP contribution is -2.25. The van der Waals surface area contributed by atoms with Gasteiger partial charge in [-0.1, -0.05) is 6.92 Å². The van der Waals surface area contributed by atoms with Gasteiger partial charge in [0.15, 0.2) is 0 Å². The van der Waals surface area contributed by atoms with Gasteiger partial charge >= 0.3 is 5.97 Å². The van der Waals surface area contributed by atoms with E-state index in [2.05, 4.69) is 0 Å². The zero-order valence-electron chi connectivity index (χ0n) is 8.79. The molecule has 0 N–H and O–H groups in total. The molecule has 0 bridgehead atoms. The fourth-order valence-electron chi connectivity index (χ4n) is 0.886. The molecule has 0 amide bonds. The second-order valence-electron chi connectivity index (χ2n) is 4.09. The third kappa shape index (κ3) is 6.31. The fraction of sp³-hybridized carbons (Fsp3) is 0.800. The highest BCUT2D eigenvalue weighted by molar-refractivity contribution is 5.74. The normalized spacial score (nSPS) is 13.5. The molecule has 0 aliphatic rings. The monoisotopic (exact) mass is 186 g/mol. The molecular formula is C10H18O3. The van der Waals surface area contributed by atoms with E-state index in [4.69, 9.17) is 4.74 Å². The third-order valence-electron chi connectivity index (χ3n) is 1.57. The van der Waals surface area contributed by atoms with Crippen LogP contribution in [0.3, 0.4) is 0 Å². The van der Waals surface area contributed by atoms with Gasteiger partial charge in [-0.25, -0.2) is 0 Å². The molecule has 76 valence electrons. The van der Waals surface area contributed by atoms with Crippen LogP contribution in [0.25, 0.3) is 0 Å². The predicted octanol–water partition coefficient (Wildman–Crippen LogP) is 1.94. The average molecular weight is 186 g/mol. The molecule has 0 saturated carbocycles. The van der Waals surface area contributed by atoms with Crippen LogP contribution in [-0.4, -0.2) is 17.9 Å². The van der Waals surface area contributed by atoms with Crippen LogP contribution < -0.4 is 0 Å². The van der Waals surface area contributed by atoms with Crippen LogP contribution in [0, 0.1) is 5.92 Å². The van der Waals surface area contributed by atoms with Crippen LogP contribution >= 0.6 is 0 Å². The first kappa shape index (κ1) is 12.1. The predicted molar refractivity (Wildman–Crippen MR) is 50.3 cm³/mol. The number of aldehydes is 1. The minimum absolute atomic E-state index is 0.192. The van der Waals surface area contributed by atoms with Gasteiger partial charge in [-0.05, 0) is 27.2 Å². The van der Waals surface area contributed by atoms with Gasteiger partial charge in [0.1, 0.15) is 11.9 Å². The molecule has 0 saturated heterocycles. The molecule has 0 fully saturated rings. The first-order chi connectivity index (χ1) is 5.89. The number of carbonyl (C=O) groups excluding carboxylic acids is 2. The summed E-state index contributed by atoms with van der Waals surface area (Å²) in [7, 11) is 0. The Morgan fingerprint density at radius 1 is 1.46 bits per heavy atom. The highest BCUT2D eigenvalue weighted by Crippen LogP contribution is 2.12. The van der Waals surface area contributed by atoms with Gasteiger partial charge in [-0.3, -0.25) is 4.79 Å². The van der Waals surface area contributed by atoms with Crippen LogP contribution in [0.1, 0.15) is 40.5 Å². The summed E-state index contributed by atoms with van der Waals surface area (Å²) in [6.45, 7) is 7.32. The molecule has 13 heavy (non-hydrogen) atoms. The molecule has 1 atom stereocenters. The van der Waals surface area contributed by atoms with Crippen molar-refractivity contribution < 1.29 is 14.3 Å². The Labute approximate surface area is 79.5 Å². The van der Waals surface area contributed by atoms with Crippen molar-refractivity contribution in [2.24, 2.45) is 5.92 Å². The second kappa shape index (κ2) is 5.00. The Morgan fingerprint density at radius 3 is 2.31 bits per heavy atom. The van der Waals surface area contributed by atoms with Gasteiger partial charge in [0.2, 0.25) is 0 Å². The third-order valence-corrected chi connectivity index (χ3v) is 1.57. The number of hydrogen-bond donors (Lipinski definition) is 0. The number of carbonyl (C=O) groups is 2. The van der Waals surface area contributed by atoms with Crippen LogP contribution in [0.4, 0.5) is 0 Å². The lowest BCUT2D eigenvalue weighted by molar-refractivity contribution is -0.156. The maximum atomic E-state index is 11.2. The van der Waals surface area contributed by atoms with Crippen molar-refractivity contribution in [3.8, 4) is 0 Å². The van der Waals surface area contributed by atoms with Crippen LogP contribution in [0.2, 0.25) is 0 Å². The first-order valence-electron chi connectivity index (χ1n) is 4.56. The largest absolute Gasteiger partial charge is 0.460 e. The van der Waals surface area contributed by atoms with Crippen molar-refractivity contribution in [1.29, 1.82) is 0 Å². The Hall–Kier alpha value is -0.860. The van der Waals surface area contributed by atoms with Crippen LogP contribution in [0.15, 0.2) is 0 Å². The standard InChI is InChI=1S/C10H18O3/c1-5-8(7-11)6-9(12)13-10(2,3)4/h7-8H,5-6H2,1-4H3/t8-/m0/s1. The van der Waals surface area contributed by atoms with E-state index >= 15 is 0 Å². The molecule has 0 aromatic rings. The van der Waals surface area contributed by atoms with Crippen molar-refractivity contribution in [3.63, 3.8) is 0 Å². The summed E-state index contributed by atoms with van der Waals surface area (Å²) < 4.78 is 5.07. The quantitative estimate of drug-likeness (QED) is 0.498. The van der Waals surface area contributed by atoms with Crippen molar-refractivity contribution in [2.75, 3.05) is 0 Å². The van der Waals surface area contributed by atoms with Gasteiger partial charge in [-0.2, -0.15) is 0 Å². The van der Waals surface area contributed by atoms with E-state index in [0.717, 1.165) is 6.29 Å². The number of rotatable bonds is 4. The van der Waals surface area contributed by atoms with Crippen molar-refractivity contribution in [3.05, 3.63) is 0 Å². The number of esters is 1. The molecule has 0 aliphatic heterocycles. The minimum Gasteiger partial charge on any atom is -0.460 e. The molecule has 0 unspecified atom stereocenters. The molecule has 3 nitrogen and oxygen atoms in total. The average Bonchev–Trinajstić information content (AvgIpc) is 1.96. The van der Waals surface area contributed by atoms with Gasteiger partial charge < -0.3 is 9.53 Å². The van der Waals surface area contributed by atoms with Crippen LogP contribution in [-0.2, 0) is 14.3 Å². The Kier molecular flexibility index (Phi) is 4.67. The lowest BCUT2D eigenvalue weighted by Gasteiger charge is -2.20.